The first-order chi connectivity index (χ1) is 12.0. The summed E-state index contributed by atoms with van der Waals surface area (Å²) in [6, 6.07) is 2.16. The molecule has 3 rings (SSSR count). The number of carboxylic acids is 1. The highest BCUT2D eigenvalue weighted by molar-refractivity contribution is 5.88. The fourth-order valence-corrected chi connectivity index (χ4v) is 3.33. The topological polar surface area (TPSA) is 79.2 Å². The fourth-order valence-electron chi connectivity index (χ4n) is 3.33. The zero-order chi connectivity index (χ0) is 17.8. The number of hydrogen-bond donors (Lipinski definition) is 1. The van der Waals surface area contributed by atoms with Gasteiger partial charge in [0.25, 0.3) is 0 Å². The molecule has 0 amide bonds. The minimum atomic E-state index is -0.995. The van der Waals surface area contributed by atoms with E-state index in [0.717, 1.165) is 18.7 Å². The summed E-state index contributed by atoms with van der Waals surface area (Å²) in [5.41, 5.74) is 2.45. The number of carboxylic acid groups (broad SMARTS) is 1. The van der Waals surface area contributed by atoms with Crippen LogP contribution in [0.25, 0.3) is 11.3 Å². The number of rotatable bonds is 5. The normalized spacial score (nSPS) is 18.4. The van der Waals surface area contributed by atoms with Crippen molar-refractivity contribution in [1.29, 1.82) is 0 Å². The molecular formula is C19H24N4O2. The molecule has 132 valence electrons. The average Bonchev–Trinajstić information content (AvgIpc) is 2.62. The van der Waals surface area contributed by atoms with Crippen molar-refractivity contribution in [1.82, 2.24) is 19.9 Å². The number of likely N-dealkylation sites (tertiary alicyclic amines) is 1. The molecule has 1 N–H and O–H groups in total. The molecule has 6 heteroatoms. The Balaban J connectivity index is 1.68. The fraction of sp³-hybridized carbons (Fsp3) is 0.474. The predicted octanol–water partition coefficient (Wildman–Crippen LogP) is 2.90. The summed E-state index contributed by atoms with van der Waals surface area (Å²) in [6.07, 6.45) is 9.86. The van der Waals surface area contributed by atoms with E-state index < -0.39 is 5.97 Å². The number of carbonyl (C=O) groups is 1. The molecule has 1 aliphatic rings. The Hall–Kier alpha value is -2.34. The number of piperidine rings is 1. The van der Waals surface area contributed by atoms with Crippen LogP contribution >= 0.6 is 0 Å². The molecule has 2 aromatic rings. The van der Waals surface area contributed by atoms with Gasteiger partial charge in [-0.3, -0.25) is 15.0 Å². The molecule has 0 aliphatic carbocycles. The van der Waals surface area contributed by atoms with Crippen LogP contribution in [0.4, 0.5) is 0 Å². The van der Waals surface area contributed by atoms with Crippen molar-refractivity contribution < 1.29 is 9.90 Å². The van der Waals surface area contributed by atoms with Crippen LogP contribution in [0.5, 0.6) is 0 Å². The van der Waals surface area contributed by atoms with Crippen LogP contribution in [-0.2, 0) is 6.42 Å². The Kier molecular flexibility index (Phi) is 5.38. The van der Waals surface area contributed by atoms with Crippen LogP contribution in [0.3, 0.4) is 0 Å². The number of hydrogen-bond acceptors (Lipinski definition) is 5. The number of aromatic carboxylic acids is 1. The van der Waals surface area contributed by atoms with Crippen molar-refractivity contribution in [2.24, 2.45) is 5.92 Å². The number of aromatic nitrogens is 3. The summed E-state index contributed by atoms with van der Waals surface area (Å²) in [4.78, 5) is 26.5. The molecule has 0 saturated carbocycles. The molecule has 1 saturated heterocycles. The third-order valence-electron chi connectivity index (χ3n) is 4.76. The average molecular weight is 340 g/mol. The van der Waals surface area contributed by atoms with E-state index in [0.29, 0.717) is 23.2 Å². The molecule has 1 atom stereocenters. The molecule has 1 fully saturated rings. The smallest absolute Gasteiger partial charge is 0.337 e. The first-order valence-corrected chi connectivity index (χ1v) is 8.76. The third kappa shape index (κ3) is 4.39. The van der Waals surface area contributed by atoms with Crippen LogP contribution in [0.2, 0.25) is 0 Å². The Morgan fingerprint density at radius 1 is 1.28 bits per heavy atom. The van der Waals surface area contributed by atoms with Crippen LogP contribution in [-0.4, -0.2) is 50.1 Å². The van der Waals surface area contributed by atoms with Crippen LogP contribution < -0.4 is 0 Å². The van der Waals surface area contributed by atoms with Gasteiger partial charge in [-0.1, -0.05) is 0 Å². The van der Waals surface area contributed by atoms with E-state index in [2.05, 4.69) is 33.7 Å². The van der Waals surface area contributed by atoms with E-state index in [1.165, 1.54) is 25.6 Å². The van der Waals surface area contributed by atoms with Crippen molar-refractivity contribution in [2.45, 2.75) is 39.2 Å². The van der Waals surface area contributed by atoms with Gasteiger partial charge >= 0.3 is 5.97 Å². The van der Waals surface area contributed by atoms with Gasteiger partial charge in [-0.05, 0) is 51.6 Å². The molecule has 3 heterocycles. The third-order valence-corrected chi connectivity index (χ3v) is 4.76. The maximum Gasteiger partial charge on any atom is 0.337 e. The molecule has 1 aliphatic heterocycles. The van der Waals surface area contributed by atoms with Gasteiger partial charge in [-0.15, -0.1) is 0 Å². The van der Waals surface area contributed by atoms with Gasteiger partial charge in [-0.25, -0.2) is 4.79 Å². The highest BCUT2D eigenvalue weighted by Gasteiger charge is 2.22. The van der Waals surface area contributed by atoms with Crippen LogP contribution in [0.15, 0.2) is 30.9 Å². The summed E-state index contributed by atoms with van der Waals surface area (Å²) in [5, 5.41) is 9.06. The summed E-state index contributed by atoms with van der Waals surface area (Å²) in [5.74, 6) is -0.376. The van der Waals surface area contributed by atoms with Crippen molar-refractivity contribution in [2.75, 3.05) is 13.1 Å². The molecule has 1 unspecified atom stereocenters. The van der Waals surface area contributed by atoms with Crippen molar-refractivity contribution >= 4 is 5.97 Å². The van der Waals surface area contributed by atoms with Gasteiger partial charge in [0.15, 0.2) is 0 Å². The van der Waals surface area contributed by atoms with Gasteiger partial charge in [0.05, 0.1) is 23.1 Å². The maximum absolute atomic E-state index is 11.1. The monoisotopic (exact) mass is 340 g/mol. The lowest BCUT2D eigenvalue weighted by Crippen LogP contribution is -2.40. The molecule has 0 spiro atoms. The van der Waals surface area contributed by atoms with E-state index in [1.54, 1.807) is 24.7 Å². The zero-order valence-corrected chi connectivity index (χ0v) is 14.7. The van der Waals surface area contributed by atoms with Gasteiger partial charge in [0.2, 0.25) is 0 Å². The lowest BCUT2D eigenvalue weighted by molar-refractivity contribution is 0.0696. The summed E-state index contributed by atoms with van der Waals surface area (Å²) >= 11 is 0. The van der Waals surface area contributed by atoms with Gasteiger partial charge in [0, 0.05) is 36.7 Å². The first kappa shape index (κ1) is 17.5. The van der Waals surface area contributed by atoms with Crippen molar-refractivity contribution in [3.63, 3.8) is 0 Å². The Morgan fingerprint density at radius 3 is 2.80 bits per heavy atom. The molecular weight excluding hydrogens is 316 g/mol. The second-order valence-corrected chi connectivity index (χ2v) is 6.96. The van der Waals surface area contributed by atoms with Gasteiger partial charge in [-0.2, -0.15) is 0 Å². The second kappa shape index (κ2) is 7.70. The lowest BCUT2D eigenvalue weighted by Gasteiger charge is -2.35. The Morgan fingerprint density at radius 2 is 2.12 bits per heavy atom. The van der Waals surface area contributed by atoms with Crippen LogP contribution in [0.1, 0.15) is 42.7 Å². The van der Waals surface area contributed by atoms with Crippen molar-refractivity contribution in [3.8, 4) is 11.3 Å². The lowest BCUT2D eigenvalue weighted by atomic mass is 9.93. The molecule has 6 nitrogen and oxygen atoms in total. The van der Waals surface area contributed by atoms with E-state index in [9.17, 15) is 4.79 Å². The van der Waals surface area contributed by atoms with Crippen LogP contribution in [0, 0.1) is 5.92 Å². The summed E-state index contributed by atoms with van der Waals surface area (Å²) in [7, 11) is 0. The quantitative estimate of drug-likeness (QED) is 0.901. The largest absolute Gasteiger partial charge is 0.478 e. The molecule has 0 aromatic carbocycles. The molecule has 0 bridgehead atoms. The van der Waals surface area contributed by atoms with Gasteiger partial charge < -0.3 is 10.0 Å². The van der Waals surface area contributed by atoms with E-state index in [1.807, 2.05) is 0 Å². The van der Waals surface area contributed by atoms with E-state index >= 15 is 0 Å². The first-order valence-electron chi connectivity index (χ1n) is 8.76. The second-order valence-electron chi connectivity index (χ2n) is 6.96. The standard InChI is InChI=1S/C19H24N4O2/c1-13(2)23-5-3-4-14(12-23)6-17-10-22-18(11-21-17)15-7-16(19(24)25)9-20-8-15/h7-11,13-14H,3-6,12H2,1-2H3,(H,24,25). The highest BCUT2D eigenvalue weighted by Crippen LogP contribution is 2.22. The molecule has 2 aromatic heterocycles. The van der Waals surface area contributed by atoms with E-state index in [4.69, 9.17) is 5.11 Å². The highest BCUT2D eigenvalue weighted by atomic mass is 16.4. The molecule has 25 heavy (non-hydrogen) atoms. The summed E-state index contributed by atoms with van der Waals surface area (Å²) < 4.78 is 0. The minimum absolute atomic E-state index is 0.152. The SMILES string of the molecule is CC(C)N1CCCC(Cc2cnc(-c3cncc(C(=O)O)c3)cn2)C1. The molecule has 0 radical (unpaired) electrons. The number of pyridine rings is 1. The summed E-state index contributed by atoms with van der Waals surface area (Å²) in [6.45, 7) is 6.80. The number of nitrogens with zero attached hydrogens (tertiary/aromatic N) is 4. The van der Waals surface area contributed by atoms with Crippen molar-refractivity contribution in [3.05, 3.63) is 42.1 Å². The predicted molar refractivity (Wildman–Crippen MR) is 95.4 cm³/mol. The Labute approximate surface area is 148 Å². The maximum atomic E-state index is 11.1. The Bertz CT molecular complexity index is 730. The van der Waals surface area contributed by atoms with Gasteiger partial charge in [0.1, 0.15) is 0 Å². The zero-order valence-electron chi connectivity index (χ0n) is 14.7. The van der Waals surface area contributed by atoms with E-state index in [-0.39, 0.29) is 5.56 Å². The minimum Gasteiger partial charge on any atom is -0.478 e.